The maximum Gasteiger partial charge on any atom is 0.494 e. The van der Waals surface area contributed by atoms with Crippen molar-refractivity contribution in [3.05, 3.63) is 36.2 Å². The lowest BCUT2D eigenvalue weighted by atomic mass is 9.78. The molecule has 2 aromatic carbocycles. The van der Waals surface area contributed by atoms with Crippen LogP contribution in [0.1, 0.15) is 73.2 Å². The normalized spacial score (nSPS) is 27.0. The van der Waals surface area contributed by atoms with Crippen LogP contribution in [-0.2, 0) is 14.0 Å². The zero-order chi connectivity index (χ0) is 24.9. The van der Waals surface area contributed by atoms with Gasteiger partial charge < -0.3 is 19.0 Å². The van der Waals surface area contributed by atoms with Crippen molar-refractivity contribution in [1.82, 2.24) is 14.9 Å². The van der Waals surface area contributed by atoms with Crippen LogP contribution in [0.3, 0.4) is 0 Å². The molecule has 3 fully saturated rings. The summed E-state index contributed by atoms with van der Waals surface area (Å²) >= 11 is 0. The van der Waals surface area contributed by atoms with Crippen molar-refractivity contribution in [1.29, 1.82) is 0 Å². The molecule has 3 aliphatic rings. The molecule has 1 aromatic heterocycles. The van der Waals surface area contributed by atoms with Crippen molar-refractivity contribution in [3.8, 4) is 0 Å². The number of aromatic nitrogens is 2. The Hall–Kier alpha value is -2.58. The van der Waals surface area contributed by atoms with Gasteiger partial charge in [0, 0.05) is 11.4 Å². The van der Waals surface area contributed by atoms with Gasteiger partial charge in [0.1, 0.15) is 11.4 Å². The van der Waals surface area contributed by atoms with Crippen LogP contribution < -0.4 is 5.46 Å². The third-order valence-electron chi connectivity index (χ3n) is 8.06. The molecule has 2 unspecified atom stereocenters. The summed E-state index contributed by atoms with van der Waals surface area (Å²) in [7, 11) is -0.401. The van der Waals surface area contributed by atoms with Gasteiger partial charge in [0.2, 0.25) is 0 Å². The molecule has 1 saturated carbocycles. The zero-order valence-corrected chi connectivity index (χ0v) is 21.6. The first kappa shape index (κ1) is 22.9. The number of hydrogen-bond donors (Lipinski definition) is 1. The van der Waals surface area contributed by atoms with E-state index in [1.54, 1.807) is 0 Å². The van der Waals surface area contributed by atoms with Crippen molar-refractivity contribution in [2.24, 2.45) is 5.92 Å². The van der Waals surface area contributed by atoms with Crippen molar-refractivity contribution >= 4 is 40.5 Å². The van der Waals surface area contributed by atoms with Gasteiger partial charge in [0.25, 0.3) is 0 Å². The Labute approximate surface area is 206 Å². The topological polar surface area (TPSA) is 76.7 Å². The highest BCUT2D eigenvalue weighted by Gasteiger charge is 2.56. The van der Waals surface area contributed by atoms with Gasteiger partial charge in [-0.15, -0.1) is 0 Å². The van der Waals surface area contributed by atoms with Gasteiger partial charge in [-0.3, -0.25) is 4.90 Å². The quantitative estimate of drug-likeness (QED) is 0.523. The summed E-state index contributed by atoms with van der Waals surface area (Å²) in [4.78, 5) is 23.4. The summed E-state index contributed by atoms with van der Waals surface area (Å²) in [6.07, 6.45) is 1.74. The minimum absolute atomic E-state index is 0.0833. The molecular formula is C27H34BN3O4. The Balaban J connectivity index is 1.32. The second-order valence-corrected chi connectivity index (χ2v) is 12.4. The fourth-order valence-electron chi connectivity index (χ4n) is 5.40. The summed E-state index contributed by atoms with van der Waals surface area (Å²) in [5.74, 6) is 1.38. The number of aromatic amines is 1. The molecule has 1 N–H and O–H groups in total. The van der Waals surface area contributed by atoms with E-state index in [0.717, 1.165) is 45.9 Å². The van der Waals surface area contributed by atoms with Crippen LogP contribution in [0.25, 0.3) is 21.8 Å². The minimum Gasteiger partial charge on any atom is -0.444 e. The number of likely N-dealkylation sites (tertiary alicyclic amines) is 1. The third-order valence-corrected chi connectivity index (χ3v) is 8.06. The zero-order valence-electron chi connectivity index (χ0n) is 21.6. The van der Waals surface area contributed by atoms with Crippen LogP contribution in [0.2, 0.25) is 0 Å². The Bertz CT molecular complexity index is 1330. The smallest absolute Gasteiger partial charge is 0.444 e. The van der Waals surface area contributed by atoms with E-state index >= 15 is 0 Å². The van der Waals surface area contributed by atoms with E-state index in [4.69, 9.17) is 19.0 Å². The first-order chi connectivity index (χ1) is 16.3. The number of ether oxygens (including phenoxy) is 1. The van der Waals surface area contributed by atoms with Gasteiger partial charge in [-0.2, -0.15) is 0 Å². The molecule has 184 valence electrons. The lowest BCUT2D eigenvalue weighted by Crippen LogP contribution is -2.41. The lowest BCUT2D eigenvalue weighted by molar-refractivity contribution is 0.00578. The van der Waals surface area contributed by atoms with E-state index in [0.29, 0.717) is 5.92 Å². The Morgan fingerprint density at radius 1 is 1.11 bits per heavy atom. The van der Waals surface area contributed by atoms with Crippen molar-refractivity contribution < 1.29 is 18.8 Å². The number of fused-ring (bicyclic) bond motifs is 4. The summed E-state index contributed by atoms with van der Waals surface area (Å²) in [6.45, 7) is 14.0. The number of amides is 1. The molecule has 6 rings (SSSR count). The number of nitrogens with one attached hydrogen (secondary N) is 1. The third kappa shape index (κ3) is 3.73. The van der Waals surface area contributed by atoms with Crippen LogP contribution in [0, 0.1) is 5.92 Å². The molecule has 3 atom stereocenters. The number of imidazole rings is 1. The molecule has 2 aliphatic heterocycles. The lowest BCUT2D eigenvalue weighted by Gasteiger charge is -2.32. The molecule has 1 aliphatic carbocycles. The number of H-pyrrole nitrogens is 1. The molecule has 35 heavy (non-hydrogen) atoms. The molecular weight excluding hydrogens is 441 g/mol. The predicted molar refractivity (Wildman–Crippen MR) is 137 cm³/mol. The maximum absolute atomic E-state index is 13.0. The second-order valence-electron chi connectivity index (χ2n) is 12.4. The highest BCUT2D eigenvalue weighted by atomic mass is 16.7. The first-order valence-electron chi connectivity index (χ1n) is 12.6. The fraction of sp³-hybridized carbons (Fsp3) is 0.556. The maximum atomic E-state index is 13.0. The van der Waals surface area contributed by atoms with E-state index in [1.165, 1.54) is 0 Å². The van der Waals surface area contributed by atoms with Gasteiger partial charge in [0.15, 0.2) is 0 Å². The number of benzene rings is 2. The van der Waals surface area contributed by atoms with Gasteiger partial charge in [-0.05, 0) is 84.1 Å². The Morgan fingerprint density at radius 2 is 1.83 bits per heavy atom. The average Bonchev–Trinajstić information content (AvgIpc) is 3.12. The van der Waals surface area contributed by atoms with E-state index in [1.807, 2.05) is 25.7 Å². The van der Waals surface area contributed by atoms with E-state index in [9.17, 15) is 4.79 Å². The number of carbonyl (C=O) groups is 1. The molecule has 0 radical (unpaired) electrons. The molecule has 3 heterocycles. The van der Waals surface area contributed by atoms with E-state index in [2.05, 4.69) is 63.0 Å². The highest BCUT2D eigenvalue weighted by molar-refractivity contribution is 6.62. The molecule has 1 amide bonds. The van der Waals surface area contributed by atoms with Crippen LogP contribution in [-0.4, -0.2) is 50.9 Å². The van der Waals surface area contributed by atoms with Gasteiger partial charge in [-0.25, -0.2) is 9.78 Å². The standard InChI is InChI=1S/C27H34BN3O4/c1-25(2,3)33-24(32)31-20-13-16(20)14-21(31)23-29-19-11-8-15-12-17(9-10-18(15)22(19)30-23)28-34-26(4,5)27(6,7)35-28/h8-12,16,20-21H,13-14H2,1-7H3,(H,29,30)/t16?,20?,21-/m0/s1. The molecule has 0 spiro atoms. The largest absolute Gasteiger partial charge is 0.494 e. The van der Waals surface area contributed by atoms with E-state index < -0.39 is 12.7 Å². The number of hydrogen-bond acceptors (Lipinski definition) is 5. The predicted octanol–water partition coefficient (Wildman–Crippen LogP) is 5.09. The number of nitrogens with zero attached hydrogens (tertiary/aromatic N) is 2. The van der Waals surface area contributed by atoms with Gasteiger partial charge in [-0.1, -0.05) is 24.3 Å². The molecule has 3 aromatic rings. The SMILES string of the molecule is CC(C)(C)OC(=O)N1C2CC2C[C@H]1c1nc2c(ccc3cc(B4OC(C)(C)C(C)(C)O4)ccc32)[nH]1. The Morgan fingerprint density at radius 3 is 2.51 bits per heavy atom. The molecule has 2 saturated heterocycles. The highest BCUT2D eigenvalue weighted by Crippen LogP contribution is 2.53. The average molecular weight is 475 g/mol. The van der Waals surface area contributed by atoms with Crippen LogP contribution in [0.15, 0.2) is 30.3 Å². The van der Waals surface area contributed by atoms with Crippen molar-refractivity contribution in [3.63, 3.8) is 0 Å². The first-order valence-corrected chi connectivity index (χ1v) is 12.6. The van der Waals surface area contributed by atoms with Gasteiger partial charge >= 0.3 is 13.2 Å². The number of carbonyl (C=O) groups excluding carboxylic acids is 1. The summed E-state index contributed by atoms with van der Waals surface area (Å²) in [6, 6.07) is 10.6. The summed E-state index contributed by atoms with van der Waals surface area (Å²) in [5.41, 5.74) is 1.61. The van der Waals surface area contributed by atoms with Crippen LogP contribution >= 0.6 is 0 Å². The van der Waals surface area contributed by atoms with Gasteiger partial charge in [0.05, 0.1) is 28.3 Å². The monoisotopic (exact) mass is 475 g/mol. The fourth-order valence-corrected chi connectivity index (χ4v) is 5.40. The summed E-state index contributed by atoms with van der Waals surface area (Å²) < 4.78 is 18.2. The van der Waals surface area contributed by atoms with E-state index in [-0.39, 0.29) is 29.4 Å². The molecule has 0 bridgehead atoms. The summed E-state index contributed by atoms with van der Waals surface area (Å²) in [5, 5.41) is 2.15. The van der Waals surface area contributed by atoms with Crippen LogP contribution in [0.5, 0.6) is 0 Å². The van der Waals surface area contributed by atoms with Crippen molar-refractivity contribution in [2.45, 2.75) is 90.2 Å². The number of rotatable bonds is 2. The van der Waals surface area contributed by atoms with Crippen LogP contribution in [0.4, 0.5) is 4.79 Å². The van der Waals surface area contributed by atoms with Crippen molar-refractivity contribution in [2.75, 3.05) is 0 Å². The second kappa shape index (κ2) is 7.23. The minimum atomic E-state index is -0.520. The molecule has 8 heteroatoms. The molecule has 7 nitrogen and oxygen atoms in total. The number of piperidine rings is 1. The Kier molecular flexibility index (Phi) is 4.72.